The summed E-state index contributed by atoms with van der Waals surface area (Å²) in [5, 5.41) is 13.3. The summed E-state index contributed by atoms with van der Waals surface area (Å²) >= 11 is 0. The number of amides is 1. The highest BCUT2D eigenvalue weighted by atomic mass is 19.3. The van der Waals surface area contributed by atoms with Crippen LogP contribution in [-0.4, -0.2) is 30.0 Å². The molecule has 27 heavy (non-hydrogen) atoms. The van der Waals surface area contributed by atoms with Crippen LogP contribution in [0.4, 0.5) is 20.2 Å². The number of aryl methyl sites for hydroxylation is 1. The maximum absolute atomic E-state index is 12.2. The number of ether oxygens (including phenoxy) is 2. The molecule has 1 N–H and O–H groups in total. The zero-order chi connectivity index (χ0) is 20.0. The van der Waals surface area contributed by atoms with Crippen molar-refractivity contribution in [3.63, 3.8) is 0 Å². The number of hydrogen-bond acceptors (Lipinski definition) is 6. The molecule has 0 fully saturated rings. The first-order valence-corrected chi connectivity index (χ1v) is 7.53. The van der Waals surface area contributed by atoms with Gasteiger partial charge in [0.2, 0.25) is 0 Å². The molecule has 0 aliphatic rings. The highest BCUT2D eigenvalue weighted by Crippen LogP contribution is 2.22. The Labute approximate surface area is 151 Å². The van der Waals surface area contributed by atoms with Gasteiger partial charge < -0.3 is 14.8 Å². The third kappa shape index (κ3) is 5.73. The Morgan fingerprint density at radius 2 is 1.96 bits per heavy atom. The molecular formula is C17H14F2N2O6. The first-order valence-electron chi connectivity index (χ1n) is 7.53. The highest BCUT2D eigenvalue weighted by molar-refractivity contribution is 5.95. The number of nitrogens with one attached hydrogen (secondary N) is 1. The van der Waals surface area contributed by atoms with Gasteiger partial charge in [-0.3, -0.25) is 14.9 Å². The third-order valence-corrected chi connectivity index (χ3v) is 3.32. The SMILES string of the molecule is Cc1ccc(NC(=O)COC(=O)c2cccc(OC(F)F)c2)cc1[N+](=O)[O-]. The zero-order valence-corrected chi connectivity index (χ0v) is 14.0. The molecule has 0 saturated carbocycles. The molecule has 2 aromatic rings. The lowest BCUT2D eigenvalue weighted by molar-refractivity contribution is -0.385. The van der Waals surface area contributed by atoms with Gasteiger partial charge in [0.25, 0.3) is 11.6 Å². The summed E-state index contributed by atoms with van der Waals surface area (Å²) in [6.45, 7) is -2.15. The van der Waals surface area contributed by atoms with Gasteiger partial charge >= 0.3 is 12.6 Å². The van der Waals surface area contributed by atoms with Gasteiger partial charge in [-0.05, 0) is 31.2 Å². The molecule has 0 bridgehead atoms. The number of hydrogen-bond donors (Lipinski definition) is 1. The number of halogens is 2. The lowest BCUT2D eigenvalue weighted by Gasteiger charge is -2.08. The van der Waals surface area contributed by atoms with Crippen LogP contribution < -0.4 is 10.1 Å². The molecule has 1 amide bonds. The Balaban J connectivity index is 1.95. The van der Waals surface area contributed by atoms with Gasteiger partial charge in [0, 0.05) is 17.3 Å². The van der Waals surface area contributed by atoms with Gasteiger partial charge in [0.05, 0.1) is 10.5 Å². The summed E-state index contributed by atoms with van der Waals surface area (Å²) in [5.41, 5.74) is 0.351. The van der Waals surface area contributed by atoms with Crippen molar-refractivity contribution in [1.29, 1.82) is 0 Å². The number of nitrogens with zero attached hydrogens (tertiary/aromatic N) is 1. The standard InChI is InChI=1S/C17H14F2N2O6/c1-10-5-6-12(8-14(10)21(24)25)20-15(22)9-26-16(23)11-3-2-4-13(7-11)27-17(18)19/h2-8,17H,9H2,1H3,(H,20,22). The average Bonchev–Trinajstić information content (AvgIpc) is 2.60. The fraction of sp³-hybridized carbons (Fsp3) is 0.176. The van der Waals surface area contributed by atoms with Crippen LogP contribution in [0.15, 0.2) is 42.5 Å². The summed E-state index contributed by atoms with van der Waals surface area (Å²) in [7, 11) is 0. The number of carbonyl (C=O) groups is 2. The molecule has 142 valence electrons. The van der Waals surface area contributed by atoms with Crippen molar-refractivity contribution in [1.82, 2.24) is 0 Å². The second-order valence-electron chi connectivity index (χ2n) is 5.29. The maximum Gasteiger partial charge on any atom is 0.387 e. The Morgan fingerprint density at radius 3 is 2.63 bits per heavy atom. The summed E-state index contributed by atoms with van der Waals surface area (Å²) in [6.07, 6.45) is 0. The Kier molecular flexibility index (Phi) is 6.36. The van der Waals surface area contributed by atoms with Crippen LogP contribution in [0.3, 0.4) is 0 Å². The molecule has 0 aromatic heterocycles. The number of nitro benzene ring substituents is 1. The predicted octanol–water partition coefficient (Wildman–Crippen LogP) is 3.30. The molecular weight excluding hydrogens is 366 g/mol. The lowest BCUT2D eigenvalue weighted by Crippen LogP contribution is -2.21. The number of alkyl halides is 2. The molecule has 0 aliphatic carbocycles. The Morgan fingerprint density at radius 1 is 1.22 bits per heavy atom. The smallest absolute Gasteiger partial charge is 0.387 e. The molecule has 0 spiro atoms. The van der Waals surface area contributed by atoms with Gasteiger partial charge in [0.15, 0.2) is 6.61 Å². The third-order valence-electron chi connectivity index (χ3n) is 3.32. The van der Waals surface area contributed by atoms with E-state index in [0.29, 0.717) is 5.56 Å². The first-order chi connectivity index (χ1) is 12.8. The number of carbonyl (C=O) groups excluding carboxylic acids is 2. The predicted molar refractivity (Wildman–Crippen MR) is 89.8 cm³/mol. The van der Waals surface area contributed by atoms with Crippen molar-refractivity contribution in [2.75, 3.05) is 11.9 Å². The highest BCUT2D eigenvalue weighted by Gasteiger charge is 2.15. The van der Waals surface area contributed by atoms with Crippen molar-refractivity contribution in [2.45, 2.75) is 13.5 Å². The quantitative estimate of drug-likeness (QED) is 0.449. The zero-order valence-electron chi connectivity index (χ0n) is 14.0. The fourth-order valence-electron chi connectivity index (χ4n) is 2.09. The number of anilines is 1. The van der Waals surface area contributed by atoms with E-state index < -0.39 is 30.0 Å². The molecule has 2 aromatic carbocycles. The molecule has 0 heterocycles. The first kappa shape index (κ1) is 19.8. The van der Waals surface area contributed by atoms with Crippen LogP contribution in [-0.2, 0) is 9.53 Å². The molecule has 0 unspecified atom stereocenters. The van der Waals surface area contributed by atoms with Crippen molar-refractivity contribution in [3.8, 4) is 5.75 Å². The van der Waals surface area contributed by atoms with Gasteiger partial charge in [-0.15, -0.1) is 0 Å². The van der Waals surface area contributed by atoms with Gasteiger partial charge in [-0.2, -0.15) is 8.78 Å². The van der Waals surface area contributed by atoms with Crippen molar-refractivity contribution < 1.29 is 32.8 Å². The van der Waals surface area contributed by atoms with E-state index in [9.17, 15) is 28.5 Å². The van der Waals surface area contributed by atoms with E-state index in [0.717, 1.165) is 6.07 Å². The molecule has 2 rings (SSSR count). The summed E-state index contributed by atoms with van der Waals surface area (Å²) in [6, 6.07) is 9.03. The van der Waals surface area contributed by atoms with Gasteiger partial charge in [-0.25, -0.2) is 4.79 Å². The van der Waals surface area contributed by atoms with Crippen molar-refractivity contribution in [3.05, 3.63) is 63.7 Å². The number of nitro groups is 1. The van der Waals surface area contributed by atoms with Crippen LogP contribution >= 0.6 is 0 Å². The van der Waals surface area contributed by atoms with Crippen molar-refractivity contribution in [2.24, 2.45) is 0 Å². The molecule has 0 radical (unpaired) electrons. The minimum absolute atomic E-state index is 0.0769. The van der Waals surface area contributed by atoms with Crippen LogP contribution in [0.5, 0.6) is 5.75 Å². The molecule has 10 heteroatoms. The van der Waals surface area contributed by atoms with Crippen LogP contribution in [0.1, 0.15) is 15.9 Å². The second kappa shape index (κ2) is 8.70. The minimum atomic E-state index is -3.04. The topological polar surface area (TPSA) is 108 Å². The fourth-order valence-corrected chi connectivity index (χ4v) is 2.09. The van der Waals surface area contributed by atoms with E-state index in [2.05, 4.69) is 10.1 Å². The Hall–Kier alpha value is -3.56. The summed E-state index contributed by atoms with van der Waals surface area (Å²) < 4.78 is 33.3. The van der Waals surface area contributed by atoms with Crippen LogP contribution in [0.25, 0.3) is 0 Å². The average molecular weight is 380 g/mol. The number of rotatable bonds is 7. The number of benzene rings is 2. The second-order valence-corrected chi connectivity index (χ2v) is 5.29. The number of esters is 1. The summed E-state index contributed by atoms with van der Waals surface area (Å²) in [4.78, 5) is 34.0. The van der Waals surface area contributed by atoms with E-state index in [1.54, 1.807) is 6.92 Å². The monoisotopic (exact) mass is 380 g/mol. The van der Waals surface area contributed by atoms with E-state index in [1.165, 1.54) is 36.4 Å². The largest absolute Gasteiger partial charge is 0.452 e. The van der Waals surface area contributed by atoms with E-state index >= 15 is 0 Å². The molecule has 8 nitrogen and oxygen atoms in total. The van der Waals surface area contributed by atoms with Gasteiger partial charge in [0.1, 0.15) is 5.75 Å². The summed E-state index contributed by atoms with van der Waals surface area (Å²) in [5.74, 6) is -1.86. The van der Waals surface area contributed by atoms with Gasteiger partial charge in [-0.1, -0.05) is 12.1 Å². The van der Waals surface area contributed by atoms with E-state index in [1.807, 2.05) is 0 Å². The maximum atomic E-state index is 12.2. The normalized spacial score (nSPS) is 10.4. The van der Waals surface area contributed by atoms with Crippen LogP contribution in [0, 0.1) is 17.0 Å². The minimum Gasteiger partial charge on any atom is -0.452 e. The Bertz CT molecular complexity index is 872. The van der Waals surface area contributed by atoms with Crippen molar-refractivity contribution >= 4 is 23.3 Å². The molecule has 0 aliphatic heterocycles. The molecule has 0 atom stereocenters. The van der Waals surface area contributed by atoms with E-state index in [4.69, 9.17) is 4.74 Å². The molecule has 0 saturated heterocycles. The van der Waals surface area contributed by atoms with Crippen LogP contribution in [0.2, 0.25) is 0 Å². The van der Waals surface area contributed by atoms with E-state index in [-0.39, 0.29) is 22.7 Å². The lowest BCUT2D eigenvalue weighted by atomic mass is 10.2.